The van der Waals surface area contributed by atoms with Crippen molar-refractivity contribution in [1.29, 1.82) is 0 Å². The second-order valence-corrected chi connectivity index (χ2v) is 5.62. The summed E-state index contributed by atoms with van der Waals surface area (Å²) >= 11 is 0. The molecular formula is C21H18N2O5. The maximum Gasteiger partial charge on any atom is 0.268 e. The van der Waals surface area contributed by atoms with E-state index in [4.69, 9.17) is 15.4 Å². The van der Waals surface area contributed by atoms with E-state index in [2.05, 4.69) is 29.0 Å². The molecular weight excluding hydrogens is 360 g/mol. The minimum absolute atomic E-state index is 0.0170. The molecule has 0 bridgehead atoms. The molecule has 0 heterocycles. The monoisotopic (exact) mass is 378 g/mol. The Morgan fingerprint density at radius 2 is 1.43 bits per heavy atom. The van der Waals surface area contributed by atoms with Crippen molar-refractivity contribution in [2.24, 2.45) is 0 Å². The van der Waals surface area contributed by atoms with Crippen LogP contribution in [0.1, 0.15) is 27.0 Å². The summed E-state index contributed by atoms with van der Waals surface area (Å²) in [5, 5.41) is 28.9. The SMILES string of the molecule is O=C(N[C@@H](CO)C(=O)NO)c1ccc(C#CC#Cc2ccc(CO)cc2)cc1. The molecule has 2 aromatic carbocycles. The van der Waals surface area contributed by atoms with E-state index in [-0.39, 0.29) is 12.2 Å². The van der Waals surface area contributed by atoms with Gasteiger partial charge < -0.3 is 15.5 Å². The fraction of sp³-hybridized carbons (Fsp3) is 0.143. The Bertz CT molecular complexity index is 945. The van der Waals surface area contributed by atoms with Gasteiger partial charge in [-0.2, -0.15) is 0 Å². The number of hydrogen-bond donors (Lipinski definition) is 5. The van der Waals surface area contributed by atoms with Gasteiger partial charge in [-0.25, -0.2) is 5.48 Å². The van der Waals surface area contributed by atoms with Crippen molar-refractivity contribution >= 4 is 11.8 Å². The number of amides is 2. The Hall–Kier alpha value is -3.62. The molecule has 2 aromatic rings. The highest BCUT2D eigenvalue weighted by atomic mass is 16.5. The maximum absolute atomic E-state index is 12.1. The number of carbonyl (C=O) groups is 2. The average Bonchev–Trinajstić information content (AvgIpc) is 2.75. The van der Waals surface area contributed by atoms with E-state index in [9.17, 15) is 9.59 Å². The Morgan fingerprint density at radius 3 is 1.89 bits per heavy atom. The van der Waals surface area contributed by atoms with E-state index in [1.54, 1.807) is 36.4 Å². The van der Waals surface area contributed by atoms with Gasteiger partial charge in [-0.1, -0.05) is 24.0 Å². The lowest BCUT2D eigenvalue weighted by molar-refractivity contribution is -0.132. The Kier molecular flexibility index (Phi) is 7.77. The van der Waals surface area contributed by atoms with Crippen molar-refractivity contribution < 1.29 is 25.0 Å². The van der Waals surface area contributed by atoms with Crippen LogP contribution in [0.25, 0.3) is 0 Å². The first kappa shape index (κ1) is 20.7. The number of carbonyl (C=O) groups excluding carboxylic acids is 2. The first-order valence-corrected chi connectivity index (χ1v) is 8.25. The summed E-state index contributed by atoms with van der Waals surface area (Å²) in [4.78, 5) is 23.3. The highest BCUT2D eigenvalue weighted by molar-refractivity contribution is 5.97. The lowest BCUT2D eigenvalue weighted by atomic mass is 10.1. The van der Waals surface area contributed by atoms with Crippen LogP contribution in [0.15, 0.2) is 48.5 Å². The number of nitrogens with one attached hydrogen (secondary N) is 2. The van der Waals surface area contributed by atoms with Crippen molar-refractivity contribution in [3.05, 3.63) is 70.8 Å². The Labute approximate surface area is 162 Å². The topological polar surface area (TPSA) is 119 Å². The van der Waals surface area contributed by atoms with E-state index in [1.807, 2.05) is 0 Å². The fourth-order valence-electron chi connectivity index (χ4n) is 2.12. The number of hydrogen-bond acceptors (Lipinski definition) is 5. The Morgan fingerprint density at radius 1 is 0.893 bits per heavy atom. The van der Waals surface area contributed by atoms with Crippen LogP contribution in [0.2, 0.25) is 0 Å². The molecule has 142 valence electrons. The Balaban J connectivity index is 1.99. The predicted octanol–water partition coefficient (Wildman–Crippen LogP) is 0.178. The van der Waals surface area contributed by atoms with Gasteiger partial charge in [-0.05, 0) is 53.8 Å². The summed E-state index contributed by atoms with van der Waals surface area (Å²) in [6.45, 7) is -0.667. The number of aliphatic hydroxyl groups excluding tert-OH is 2. The molecule has 0 aliphatic carbocycles. The fourth-order valence-corrected chi connectivity index (χ4v) is 2.12. The minimum atomic E-state index is -1.25. The standard InChI is InChI=1S/C21H18N2O5/c24-13-17-7-5-15(6-8-17)3-1-2-4-16-9-11-18(12-10-16)20(26)22-19(14-25)21(27)23-28/h5-12,19,24-25,28H,13-14H2,(H,22,26)(H,23,27)/t19-/m0/s1. The van der Waals surface area contributed by atoms with Gasteiger partial charge in [0.25, 0.3) is 11.8 Å². The third-order valence-corrected chi connectivity index (χ3v) is 3.67. The van der Waals surface area contributed by atoms with E-state index in [0.29, 0.717) is 5.56 Å². The second-order valence-electron chi connectivity index (χ2n) is 5.62. The second kappa shape index (κ2) is 10.5. The molecule has 0 saturated carbocycles. The smallest absolute Gasteiger partial charge is 0.268 e. The molecule has 28 heavy (non-hydrogen) atoms. The first-order chi connectivity index (χ1) is 13.6. The van der Waals surface area contributed by atoms with Crippen LogP contribution in [0.3, 0.4) is 0 Å². The molecule has 0 aliphatic heterocycles. The number of benzene rings is 2. The summed E-state index contributed by atoms with van der Waals surface area (Å²) in [7, 11) is 0. The molecule has 0 aliphatic rings. The van der Waals surface area contributed by atoms with Gasteiger partial charge in [-0.15, -0.1) is 0 Å². The van der Waals surface area contributed by atoms with Crippen LogP contribution in [0.5, 0.6) is 0 Å². The van der Waals surface area contributed by atoms with Crippen LogP contribution >= 0.6 is 0 Å². The van der Waals surface area contributed by atoms with Gasteiger partial charge >= 0.3 is 0 Å². The molecule has 5 N–H and O–H groups in total. The highest BCUT2D eigenvalue weighted by Crippen LogP contribution is 2.04. The molecule has 7 heteroatoms. The average molecular weight is 378 g/mol. The summed E-state index contributed by atoms with van der Waals surface area (Å²) in [6.07, 6.45) is 0. The molecule has 2 amide bonds. The third-order valence-electron chi connectivity index (χ3n) is 3.67. The third kappa shape index (κ3) is 5.97. The van der Waals surface area contributed by atoms with Crippen LogP contribution in [-0.4, -0.2) is 39.9 Å². The van der Waals surface area contributed by atoms with Crippen LogP contribution < -0.4 is 10.8 Å². The first-order valence-electron chi connectivity index (χ1n) is 8.25. The lowest BCUT2D eigenvalue weighted by Crippen LogP contribution is -2.48. The zero-order valence-electron chi connectivity index (χ0n) is 14.8. The van der Waals surface area contributed by atoms with Crippen molar-refractivity contribution in [1.82, 2.24) is 10.8 Å². The van der Waals surface area contributed by atoms with Gasteiger partial charge in [0.15, 0.2) is 0 Å². The zero-order valence-corrected chi connectivity index (χ0v) is 14.8. The van der Waals surface area contributed by atoms with E-state index < -0.39 is 24.5 Å². The van der Waals surface area contributed by atoms with E-state index in [0.717, 1.165) is 11.1 Å². The minimum Gasteiger partial charge on any atom is -0.394 e. The highest BCUT2D eigenvalue weighted by Gasteiger charge is 2.19. The van der Waals surface area contributed by atoms with Gasteiger partial charge in [0, 0.05) is 16.7 Å². The molecule has 7 nitrogen and oxygen atoms in total. The lowest BCUT2D eigenvalue weighted by Gasteiger charge is -2.13. The van der Waals surface area contributed by atoms with Gasteiger partial charge in [0.05, 0.1) is 13.2 Å². The quantitative estimate of drug-likeness (QED) is 0.289. The number of aliphatic hydroxyl groups is 2. The summed E-state index contributed by atoms with van der Waals surface area (Å²) in [5.74, 6) is 9.69. The van der Waals surface area contributed by atoms with Crippen molar-refractivity contribution in [2.45, 2.75) is 12.6 Å². The molecule has 2 rings (SSSR count). The molecule has 1 atom stereocenters. The van der Waals surface area contributed by atoms with Crippen molar-refractivity contribution in [3.63, 3.8) is 0 Å². The largest absolute Gasteiger partial charge is 0.394 e. The zero-order chi connectivity index (χ0) is 20.4. The molecule has 0 aromatic heterocycles. The molecule has 0 spiro atoms. The normalized spacial score (nSPS) is 10.5. The summed E-state index contributed by atoms with van der Waals surface area (Å²) in [5.41, 5.74) is 3.88. The predicted molar refractivity (Wildman–Crippen MR) is 101 cm³/mol. The molecule has 0 fully saturated rings. The number of rotatable bonds is 5. The van der Waals surface area contributed by atoms with Crippen LogP contribution in [-0.2, 0) is 11.4 Å². The summed E-state index contributed by atoms with van der Waals surface area (Å²) in [6, 6.07) is 12.2. The molecule has 0 unspecified atom stereocenters. The van der Waals surface area contributed by atoms with E-state index in [1.165, 1.54) is 17.6 Å². The van der Waals surface area contributed by atoms with Gasteiger partial charge in [0.1, 0.15) is 6.04 Å². The molecule has 0 radical (unpaired) electrons. The molecule has 0 saturated heterocycles. The van der Waals surface area contributed by atoms with Gasteiger partial charge in [-0.3, -0.25) is 14.8 Å². The maximum atomic E-state index is 12.1. The van der Waals surface area contributed by atoms with Crippen molar-refractivity contribution in [3.8, 4) is 23.7 Å². The van der Waals surface area contributed by atoms with E-state index >= 15 is 0 Å². The van der Waals surface area contributed by atoms with Crippen molar-refractivity contribution in [2.75, 3.05) is 6.61 Å². The van der Waals surface area contributed by atoms with Crippen LogP contribution in [0, 0.1) is 23.7 Å². The summed E-state index contributed by atoms with van der Waals surface area (Å²) < 4.78 is 0. The number of hydroxylamine groups is 1. The van der Waals surface area contributed by atoms with Crippen LogP contribution in [0.4, 0.5) is 0 Å². The van der Waals surface area contributed by atoms with Gasteiger partial charge in [0.2, 0.25) is 0 Å².